The number of hydrogen-bond acceptors (Lipinski definition) is 3. The van der Waals surface area contributed by atoms with E-state index in [1.54, 1.807) is 0 Å². The van der Waals surface area contributed by atoms with Gasteiger partial charge in [-0.25, -0.2) is 4.98 Å². The molecule has 2 N–H and O–H groups in total. The van der Waals surface area contributed by atoms with Gasteiger partial charge in [0.2, 0.25) is 0 Å². The smallest absolute Gasteiger partial charge is 0.126 e. The molecule has 0 spiro atoms. The molecule has 1 aromatic rings. The summed E-state index contributed by atoms with van der Waals surface area (Å²) >= 11 is 3.41. The van der Waals surface area contributed by atoms with Crippen molar-refractivity contribution in [2.24, 2.45) is 0 Å². The molecule has 0 amide bonds. The molecular weight excluding hydrogens is 244 g/mol. The first-order valence-electron chi connectivity index (χ1n) is 4.73. The summed E-state index contributed by atoms with van der Waals surface area (Å²) in [5, 5.41) is 12.4. The van der Waals surface area contributed by atoms with Crippen LogP contribution in [0.25, 0.3) is 0 Å². The molecule has 1 saturated carbocycles. The van der Waals surface area contributed by atoms with Crippen molar-refractivity contribution in [3.8, 4) is 0 Å². The van der Waals surface area contributed by atoms with E-state index in [1.807, 2.05) is 19.1 Å². The average Bonchev–Trinajstić information content (AvgIpc) is 2.09. The lowest BCUT2D eigenvalue weighted by atomic mass is 9.89. The molecule has 4 heteroatoms. The molecule has 1 fully saturated rings. The fourth-order valence-corrected chi connectivity index (χ4v) is 1.76. The second-order valence-electron chi connectivity index (χ2n) is 3.73. The van der Waals surface area contributed by atoms with Crippen LogP contribution < -0.4 is 5.32 Å². The number of pyridine rings is 1. The highest BCUT2D eigenvalue weighted by atomic mass is 79.9. The van der Waals surface area contributed by atoms with Crippen LogP contribution in [-0.2, 0) is 0 Å². The number of aromatic nitrogens is 1. The van der Waals surface area contributed by atoms with E-state index < -0.39 is 0 Å². The average molecular weight is 257 g/mol. The number of nitrogens with zero attached hydrogens (tertiary/aromatic N) is 1. The number of rotatable bonds is 2. The number of aryl methyl sites for hydroxylation is 1. The van der Waals surface area contributed by atoms with Gasteiger partial charge in [-0.15, -0.1) is 0 Å². The van der Waals surface area contributed by atoms with Gasteiger partial charge in [0.05, 0.1) is 11.8 Å². The lowest BCUT2D eigenvalue weighted by molar-refractivity contribution is 0.0835. The molecule has 0 aliphatic heterocycles. The SMILES string of the molecule is Cc1nc(NC2CC(O)C2)ccc1Br. The van der Waals surface area contributed by atoms with E-state index in [-0.39, 0.29) is 6.10 Å². The van der Waals surface area contributed by atoms with Gasteiger partial charge in [0.15, 0.2) is 0 Å². The van der Waals surface area contributed by atoms with E-state index in [0.717, 1.165) is 28.8 Å². The topological polar surface area (TPSA) is 45.2 Å². The van der Waals surface area contributed by atoms with Crippen molar-refractivity contribution in [1.29, 1.82) is 0 Å². The zero-order valence-corrected chi connectivity index (χ0v) is 9.58. The Balaban J connectivity index is 2.00. The third-order valence-corrected chi connectivity index (χ3v) is 3.32. The molecule has 1 aromatic heterocycles. The molecule has 14 heavy (non-hydrogen) atoms. The molecule has 0 radical (unpaired) electrons. The lowest BCUT2D eigenvalue weighted by Gasteiger charge is -2.32. The van der Waals surface area contributed by atoms with Crippen molar-refractivity contribution in [3.05, 3.63) is 22.3 Å². The summed E-state index contributed by atoms with van der Waals surface area (Å²) in [6, 6.07) is 4.32. The van der Waals surface area contributed by atoms with Gasteiger partial charge in [0.1, 0.15) is 5.82 Å². The molecule has 1 aliphatic carbocycles. The zero-order valence-electron chi connectivity index (χ0n) is 8.00. The maximum absolute atomic E-state index is 9.13. The van der Waals surface area contributed by atoms with Crippen molar-refractivity contribution in [2.45, 2.75) is 31.9 Å². The Labute approximate surface area is 91.7 Å². The minimum absolute atomic E-state index is 0.121. The van der Waals surface area contributed by atoms with Gasteiger partial charge in [0, 0.05) is 10.5 Å². The van der Waals surface area contributed by atoms with Crippen molar-refractivity contribution >= 4 is 21.7 Å². The summed E-state index contributed by atoms with van der Waals surface area (Å²) in [5.41, 5.74) is 0.981. The van der Waals surface area contributed by atoms with Gasteiger partial charge >= 0.3 is 0 Å². The Morgan fingerprint density at radius 3 is 2.79 bits per heavy atom. The van der Waals surface area contributed by atoms with Gasteiger partial charge in [-0.3, -0.25) is 0 Å². The number of nitrogens with one attached hydrogen (secondary N) is 1. The van der Waals surface area contributed by atoms with E-state index in [1.165, 1.54) is 0 Å². The molecule has 0 atom stereocenters. The van der Waals surface area contributed by atoms with Crippen molar-refractivity contribution in [1.82, 2.24) is 4.98 Å². The predicted octanol–water partition coefficient (Wildman–Crippen LogP) is 2.09. The lowest BCUT2D eigenvalue weighted by Crippen LogP contribution is -2.39. The van der Waals surface area contributed by atoms with Crippen molar-refractivity contribution < 1.29 is 5.11 Å². The summed E-state index contributed by atoms with van der Waals surface area (Å²) in [4.78, 5) is 4.38. The van der Waals surface area contributed by atoms with Gasteiger partial charge in [0.25, 0.3) is 0 Å². The summed E-state index contributed by atoms with van der Waals surface area (Å²) in [7, 11) is 0. The first-order chi connectivity index (χ1) is 6.65. The normalized spacial score (nSPS) is 25.6. The standard InChI is InChI=1S/C10H13BrN2O/c1-6-9(11)2-3-10(12-6)13-7-4-8(14)5-7/h2-3,7-8,14H,4-5H2,1H3,(H,12,13). The van der Waals surface area contributed by atoms with E-state index in [0.29, 0.717) is 6.04 Å². The minimum Gasteiger partial charge on any atom is -0.393 e. The van der Waals surface area contributed by atoms with Gasteiger partial charge in [-0.2, -0.15) is 0 Å². The van der Waals surface area contributed by atoms with Crippen LogP contribution in [0.2, 0.25) is 0 Å². The van der Waals surface area contributed by atoms with Crippen LogP contribution in [-0.4, -0.2) is 22.2 Å². The quantitative estimate of drug-likeness (QED) is 0.852. The van der Waals surface area contributed by atoms with Crippen LogP contribution in [0, 0.1) is 6.92 Å². The van der Waals surface area contributed by atoms with Crippen LogP contribution in [0.1, 0.15) is 18.5 Å². The number of hydrogen-bond donors (Lipinski definition) is 2. The molecule has 3 nitrogen and oxygen atoms in total. The molecule has 76 valence electrons. The first-order valence-corrected chi connectivity index (χ1v) is 5.52. The number of halogens is 1. The molecule has 2 rings (SSSR count). The molecule has 1 aliphatic rings. The highest BCUT2D eigenvalue weighted by molar-refractivity contribution is 9.10. The van der Waals surface area contributed by atoms with Crippen molar-refractivity contribution in [3.63, 3.8) is 0 Å². The fourth-order valence-electron chi connectivity index (χ4n) is 1.54. The van der Waals surface area contributed by atoms with E-state index in [9.17, 15) is 0 Å². The second-order valence-corrected chi connectivity index (χ2v) is 4.58. The Morgan fingerprint density at radius 1 is 1.50 bits per heavy atom. The molecule has 0 unspecified atom stereocenters. The summed E-state index contributed by atoms with van der Waals surface area (Å²) < 4.78 is 1.02. The maximum Gasteiger partial charge on any atom is 0.126 e. The first kappa shape index (κ1) is 9.93. The Hall–Kier alpha value is -0.610. The Kier molecular flexibility index (Phi) is 2.74. The van der Waals surface area contributed by atoms with Crippen LogP contribution in [0.3, 0.4) is 0 Å². The number of aliphatic hydroxyl groups excluding tert-OH is 1. The Morgan fingerprint density at radius 2 is 2.21 bits per heavy atom. The maximum atomic E-state index is 9.13. The third-order valence-electron chi connectivity index (χ3n) is 2.49. The van der Waals surface area contributed by atoms with Gasteiger partial charge in [-0.05, 0) is 47.8 Å². The van der Waals surface area contributed by atoms with E-state index >= 15 is 0 Å². The van der Waals surface area contributed by atoms with Crippen LogP contribution in [0.15, 0.2) is 16.6 Å². The molecular formula is C10H13BrN2O. The van der Waals surface area contributed by atoms with E-state index in [4.69, 9.17) is 5.11 Å². The summed E-state index contributed by atoms with van der Waals surface area (Å²) in [6.45, 7) is 1.96. The fraction of sp³-hybridized carbons (Fsp3) is 0.500. The number of anilines is 1. The molecule has 1 heterocycles. The van der Waals surface area contributed by atoms with Crippen molar-refractivity contribution in [2.75, 3.05) is 5.32 Å². The summed E-state index contributed by atoms with van der Waals surface area (Å²) in [6.07, 6.45) is 1.54. The summed E-state index contributed by atoms with van der Waals surface area (Å²) in [5.74, 6) is 0.891. The third kappa shape index (κ3) is 2.07. The zero-order chi connectivity index (χ0) is 10.1. The minimum atomic E-state index is -0.121. The molecule has 0 bridgehead atoms. The second kappa shape index (κ2) is 3.87. The monoisotopic (exact) mass is 256 g/mol. The molecule has 0 saturated heterocycles. The Bertz CT molecular complexity index is 337. The predicted molar refractivity (Wildman–Crippen MR) is 59.3 cm³/mol. The van der Waals surface area contributed by atoms with Crippen LogP contribution in [0.5, 0.6) is 0 Å². The van der Waals surface area contributed by atoms with Crippen LogP contribution in [0.4, 0.5) is 5.82 Å². The largest absolute Gasteiger partial charge is 0.393 e. The highest BCUT2D eigenvalue weighted by Gasteiger charge is 2.27. The van der Waals surface area contributed by atoms with Crippen LogP contribution >= 0.6 is 15.9 Å². The van der Waals surface area contributed by atoms with E-state index in [2.05, 4.69) is 26.2 Å². The molecule has 0 aromatic carbocycles. The highest BCUT2D eigenvalue weighted by Crippen LogP contribution is 2.24. The number of aliphatic hydroxyl groups is 1. The van der Waals surface area contributed by atoms with Gasteiger partial charge in [-0.1, -0.05) is 0 Å². The van der Waals surface area contributed by atoms with Gasteiger partial charge < -0.3 is 10.4 Å².